The van der Waals surface area contributed by atoms with Crippen LogP contribution in [0.15, 0.2) is 42.5 Å². The number of carbonyl (C=O) groups excluding carboxylic acids is 2. The highest BCUT2D eigenvalue weighted by atomic mass is 16.6. The smallest absolute Gasteiger partial charge is 0.325 e. The second-order valence-electron chi connectivity index (χ2n) is 9.59. The van der Waals surface area contributed by atoms with Crippen molar-refractivity contribution in [2.45, 2.75) is 37.8 Å². The van der Waals surface area contributed by atoms with Crippen LogP contribution in [0.5, 0.6) is 11.5 Å². The molecular formula is C26H27N3O8. The topological polar surface area (TPSA) is 148 Å². The normalized spacial score (nSPS) is 26.3. The lowest BCUT2D eigenvalue weighted by Crippen LogP contribution is -2.57. The fourth-order valence-electron chi connectivity index (χ4n) is 5.63. The standard InChI is InChI=1S/C26H27N3O8/c1-2-3-10-28-23(30)20-21(24(28)31)26(25(32)33,14-15-4-7-17(8-5-15)29(34)35)27-22(20)16-6-9-18-19(13-16)37-12-11-36-18/h4-9,13,20-22,27H,2-3,10-12,14H2,1H3,(H,32,33). The van der Waals surface area contributed by atoms with Gasteiger partial charge in [0.2, 0.25) is 11.8 Å². The fraction of sp³-hybridized carbons (Fsp3) is 0.423. The molecule has 2 N–H and O–H groups in total. The SMILES string of the molecule is CCCCN1C(=O)C2C(c3ccc4c(c3)OCCO4)NC(Cc3ccc([N+](=O)[O-])cc3)(C(=O)O)C2C1=O. The second kappa shape index (κ2) is 9.47. The molecule has 2 saturated heterocycles. The minimum Gasteiger partial charge on any atom is -0.486 e. The number of benzene rings is 2. The molecule has 11 nitrogen and oxygen atoms in total. The van der Waals surface area contributed by atoms with Gasteiger partial charge in [0.05, 0.1) is 16.8 Å². The molecule has 3 aliphatic heterocycles. The molecule has 11 heteroatoms. The Labute approximate surface area is 212 Å². The number of carboxylic acid groups (broad SMARTS) is 1. The van der Waals surface area contributed by atoms with Crippen molar-refractivity contribution in [2.75, 3.05) is 19.8 Å². The van der Waals surface area contributed by atoms with E-state index in [1.54, 1.807) is 18.2 Å². The lowest BCUT2D eigenvalue weighted by molar-refractivity contribution is -0.384. The van der Waals surface area contributed by atoms with Gasteiger partial charge in [-0.05, 0) is 29.7 Å². The van der Waals surface area contributed by atoms with Gasteiger partial charge in [0, 0.05) is 31.1 Å². The van der Waals surface area contributed by atoms with Crippen molar-refractivity contribution >= 4 is 23.5 Å². The van der Waals surface area contributed by atoms with E-state index in [9.17, 15) is 29.6 Å². The number of nitrogens with one attached hydrogen (secondary N) is 1. The molecule has 4 unspecified atom stereocenters. The Bertz CT molecular complexity index is 1260. The molecule has 2 aromatic rings. The number of carboxylic acids is 1. The number of nitrogens with zero attached hydrogens (tertiary/aromatic N) is 2. The number of unbranched alkanes of at least 4 members (excludes halogenated alkanes) is 1. The maximum absolute atomic E-state index is 13.6. The van der Waals surface area contributed by atoms with E-state index >= 15 is 0 Å². The number of ether oxygens (including phenoxy) is 2. The maximum Gasteiger partial charge on any atom is 0.325 e. The average Bonchev–Trinajstić information content (AvgIpc) is 3.36. The number of hydrogen-bond donors (Lipinski definition) is 2. The molecule has 2 fully saturated rings. The van der Waals surface area contributed by atoms with E-state index < -0.39 is 46.1 Å². The summed E-state index contributed by atoms with van der Waals surface area (Å²) in [6, 6.07) is 9.97. The van der Waals surface area contributed by atoms with E-state index in [0.717, 1.165) is 6.42 Å². The van der Waals surface area contributed by atoms with E-state index in [-0.39, 0.29) is 18.7 Å². The minimum atomic E-state index is -1.80. The Morgan fingerprint density at radius 1 is 1.14 bits per heavy atom. The molecule has 0 bridgehead atoms. The van der Waals surface area contributed by atoms with Crippen molar-refractivity contribution < 1.29 is 33.9 Å². The summed E-state index contributed by atoms with van der Waals surface area (Å²) in [7, 11) is 0. The zero-order chi connectivity index (χ0) is 26.3. The van der Waals surface area contributed by atoms with Crippen LogP contribution in [0.4, 0.5) is 5.69 Å². The quantitative estimate of drug-likeness (QED) is 0.311. The molecule has 194 valence electrons. The third-order valence-corrected chi connectivity index (χ3v) is 7.42. The lowest BCUT2D eigenvalue weighted by atomic mass is 9.76. The van der Waals surface area contributed by atoms with Gasteiger partial charge in [-0.15, -0.1) is 0 Å². The van der Waals surface area contributed by atoms with Gasteiger partial charge in [0.15, 0.2) is 11.5 Å². The number of aliphatic carboxylic acids is 1. The number of amides is 2. The van der Waals surface area contributed by atoms with Crippen LogP contribution in [-0.2, 0) is 20.8 Å². The molecule has 2 amide bonds. The van der Waals surface area contributed by atoms with Gasteiger partial charge in [-0.25, -0.2) is 0 Å². The molecule has 2 aromatic carbocycles. The van der Waals surface area contributed by atoms with Gasteiger partial charge in [-0.2, -0.15) is 0 Å². The predicted octanol–water partition coefficient (Wildman–Crippen LogP) is 2.48. The number of fused-ring (bicyclic) bond motifs is 2. The monoisotopic (exact) mass is 509 g/mol. The van der Waals surface area contributed by atoms with Gasteiger partial charge >= 0.3 is 5.97 Å². The predicted molar refractivity (Wildman–Crippen MR) is 129 cm³/mol. The summed E-state index contributed by atoms with van der Waals surface area (Å²) in [5.74, 6) is -3.21. The molecule has 3 aliphatic rings. The number of likely N-dealkylation sites (tertiary alicyclic amines) is 1. The summed E-state index contributed by atoms with van der Waals surface area (Å²) in [4.78, 5) is 51.9. The van der Waals surface area contributed by atoms with Crippen molar-refractivity contribution in [2.24, 2.45) is 11.8 Å². The van der Waals surface area contributed by atoms with Crippen LogP contribution in [-0.4, -0.2) is 58.0 Å². The first kappa shape index (κ1) is 24.7. The van der Waals surface area contributed by atoms with Gasteiger partial charge in [0.25, 0.3) is 5.69 Å². The van der Waals surface area contributed by atoms with Crippen LogP contribution >= 0.6 is 0 Å². The molecule has 0 aromatic heterocycles. The van der Waals surface area contributed by atoms with E-state index in [0.29, 0.717) is 42.3 Å². The van der Waals surface area contributed by atoms with Crippen molar-refractivity contribution in [1.82, 2.24) is 10.2 Å². The highest BCUT2D eigenvalue weighted by Gasteiger charge is 2.68. The third kappa shape index (κ3) is 4.08. The Balaban J connectivity index is 1.58. The first-order valence-corrected chi connectivity index (χ1v) is 12.3. The fourth-order valence-corrected chi connectivity index (χ4v) is 5.63. The van der Waals surface area contributed by atoms with Crippen LogP contribution in [0.3, 0.4) is 0 Å². The van der Waals surface area contributed by atoms with Gasteiger partial charge in [0.1, 0.15) is 18.8 Å². The number of carbonyl (C=O) groups is 3. The molecule has 0 spiro atoms. The molecule has 4 atom stereocenters. The highest BCUT2D eigenvalue weighted by molar-refractivity contribution is 6.09. The number of non-ortho nitro benzene ring substituents is 1. The first-order valence-electron chi connectivity index (χ1n) is 12.3. The van der Waals surface area contributed by atoms with Gasteiger partial charge in [-0.3, -0.25) is 34.7 Å². The summed E-state index contributed by atoms with van der Waals surface area (Å²) >= 11 is 0. The highest BCUT2D eigenvalue weighted by Crippen LogP contribution is 2.51. The Kier molecular flexibility index (Phi) is 6.32. The largest absolute Gasteiger partial charge is 0.486 e. The van der Waals surface area contributed by atoms with E-state index in [1.807, 2.05) is 6.92 Å². The summed E-state index contributed by atoms with van der Waals surface area (Å²) in [6.45, 7) is 2.95. The second-order valence-corrected chi connectivity index (χ2v) is 9.59. The minimum absolute atomic E-state index is 0.127. The molecule has 3 heterocycles. The maximum atomic E-state index is 13.6. The van der Waals surface area contributed by atoms with Crippen molar-refractivity contribution in [1.29, 1.82) is 0 Å². The summed E-state index contributed by atoms with van der Waals surface area (Å²) in [5.41, 5.74) is -0.816. The zero-order valence-corrected chi connectivity index (χ0v) is 20.2. The lowest BCUT2D eigenvalue weighted by Gasteiger charge is -2.31. The van der Waals surface area contributed by atoms with Gasteiger partial charge < -0.3 is 14.6 Å². The summed E-state index contributed by atoms with van der Waals surface area (Å²) < 4.78 is 11.3. The van der Waals surface area contributed by atoms with E-state index in [1.165, 1.54) is 29.2 Å². The van der Waals surface area contributed by atoms with Crippen molar-refractivity contribution in [3.63, 3.8) is 0 Å². The molecular weight excluding hydrogens is 482 g/mol. The van der Waals surface area contributed by atoms with Gasteiger partial charge in [-0.1, -0.05) is 31.5 Å². The van der Waals surface area contributed by atoms with Crippen LogP contribution in [0, 0.1) is 22.0 Å². The van der Waals surface area contributed by atoms with Crippen LogP contribution in [0.1, 0.15) is 36.9 Å². The number of imide groups is 1. The van der Waals surface area contributed by atoms with Crippen LogP contribution < -0.4 is 14.8 Å². The summed E-state index contributed by atoms with van der Waals surface area (Å²) in [6.07, 6.45) is 1.24. The first-order chi connectivity index (χ1) is 17.8. The van der Waals surface area contributed by atoms with Crippen molar-refractivity contribution in [3.8, 4) is 11.5 Å². The number of nitro groups is 1. The number of nitro benzene ring substituents is 1. The molecule has 0 radical (unpaired) electrons. The Hall–Kier alpha value is -3.99. The molecule has 37 heavy (non-hydrogen) atoms. The van der Waals surface area contributed by atoms with Crippen LogP contribution in [0.2, 0.25) is 0 Å². The van der Waals surface area contributed by atoms with Crippen LogP contribution in [0.25, 0.3) is 0 Å². The molecule has 0 saturated carbocycles. The van der Waals surface area contributed by atoms with E-state index in [4.69, 9.17) is 9.47 Å². The molecule has 5 rings (SSSR count). The third-order valence-electron chi connectivity index (χ3n) is 7.42. The number of hydrogen-bond acceptors (Lipinski definition) is 8. The Morgan fingerprint density at radius 3 is 2.49 bits per heavy atom. The van der Waals surface area contributed by atoms with Crippen molar-refractivity contribution in [3.05, 3.63) is 63.7 Å². The number of rotatable bonds is 8. The van der Waals surface area contributed by atoms with E-state index in [2.05, 4.69) is 5.32 Å². The average molecular weight is 510 g/mol. The molecule has 0 aliphatic carbocycles. The summed E-state index contributed by atoms with van der Waals surface area (Å²) in [5, 5.41) is 24.8. The zero-order valence-electron chi connectivity index (χ0n) is 20.2. The Morgan fingerprint density at radius 2 is 1.84 bits per heavy atom.